The highest BCUT2D eigenvalue weighted by atomic mass is 19.4. The fraction of sp³-hybridized carbons (Fsp3) is 0.500. The van der Waals surface area contributed by atoms with Gasteiger partial charge in [0, 0.05) is 6.04 Å². The zero-order valence-corrected chi connectivity index (χ0v) is 9.10. The van der Waals surface area contributed by atoms with Crippen molar-refractivity contribution in [2.45, 2.75) is 32.5 Å². The van der Waals surface area contributed by atoms with Crippen LogP contribution in [-0.4, -0.2) is 17.2 Å². The van der Waals surface area contributed by atoms with Crippen molar-refractivity contribution in [3.8, 4) is 0 Å². The Balaban J connectivity index is 2.63. The Morgan fingerprint density at radius 1 is 1.44 bits per heavy atom. The maximum atomic E-state index is 12.1. The number of nitrogens with zero attached hydrogens (tertiary/aromatic N) is 1. The van der Waals surface area contributed by atoms with Crippen LogP contribution in [0, 0.1) is 6.92 Å². The number of halogens is 3. The standard InChI is InChI=1S/C10H14F3N3/c1-6(5-10(11,12)13)15-9-4-3-8(14)7(2)16-9/h3-4,6H,5,14H2,1-2H3,(H,15,16). The molecule has 0 fully saturated rings. The number of pyridine rings is 1. The molecule has 1 unspecified atom stereocenters. The minimum absolute atomic E-state index is 0.406. The number of aromatic nitrogens is 1. The molecule has 0 bridgehead atoms. The molecule has 0 radical (unpaired) electrons. The summed E-state index contributed by atoms with van der Waals surface area (Å²) in [4.78, 5) is 4.04. The van der Waals surface area contributed by atoms with Crippen LogP contribution in [0.1, 0.15) is 19.0 Å². The molecular weight excluding hydrogens is 219 g/mol. The molecule has 0 spiro atoms. The number of rotatable bonds is 3. The molecule has 1 rings (SSSR count). The van der Waals surface area contributed by atoms with Crippen molar-refractivity contribution >= 4 is 11.5 Å². The van der Waals surface area contributed by atoms with Crippen LogP contribution >= 0.6 is 0 Å². The van der Waals surface area contributed by atoms with Gasteiger partial charge < -0.3 is 11.1 Å². The fourth-order valence-electron chi connectivity index (χ4n) is 1.30. The Labute approximate surface area is 91.9 Å². The molecule has 0 aromatic carbocycles. The molecule has 0 saturated heterocycles. The van der Waals surface area contributed by atoms with E-state index in [1.165, 1.54) is 6.92 Å². The van der Waals surface area contributed by atoms with E-state index in [2.05, 4.69) is 10.3 Å². The van der Waals surface area contributed by atoms with Crippen LogP contribution in [0.5, 0.6) is 0 Å². The lowest BCUT2D eigenvalue weighted by molar-refractivity contribution is -0.136. The highest BCUT2D eigenvalue weighted by molar-refractivity contribution is 5.49. The first-order valence-corrected chi connectivity index (χ1v) is 4.84. The third-order valence-corrected chi connectivity index (χ3v) is 2.06. The first-order valence-electron chi connectivity index (χ1n) is 4.84. The Morgan fingerprint density at radius 2 is 2.06 bits per heavy atom. The SMILES string of the molecule is Cc1nc(NC(C)CC(F)(F)F)ccc1N. The molecule has 3 nitrogen and oxygen atoms in total. The van der Waals surface area contributed by atoms with Crippen LogP contribution in [0.3, 0.4) is 0 Å². The molecule has 16 heavy (non-hydrogen) atoms. The zero-order valence-electron chi connectivity index (χ0n) is 9.10. The average Bonchev–Trinajstić information content (AvgIpc) is 2.08. The van der Waals surface area contributed by atoms with E-state index in [4.69, 9.17) is 5.73 Å². The summed E-state index contributed by atoms with van der Waals surface area (Å²) in [5.74, 6) is 0.406. The van der Waals surface area contributed by atoms with Gasteiger partial charge in [-0.2, -0.15) is 13.2 Å². The minimum atomic E-state index is -4.17. The fourth-order valence-corrected chi connectivity index (χ4v) is 1.30. The van der Waals surface area contributed by atoms with Gasteiger partial charge in [0.2, 0.25) is 0 Å². The largest absolute Gasteiger partial charge is 0.397 e. The summed E-state index contributed by atoms with van der Waals surface area (Å²) < 4.78 is 36.2. The number of hydrogen-bond donors (Lipinski definition) is 2. The van der Waals surface area contributed by atoms with Gasteiger partial charge in [0.05, 0.1) is 17.8 Å². The van der Waals surface area contributed by atoms with Crippen molar-refractivity contribution in [1.82, 2.24) is 4.98 Å². The van der Waals surface area contributed by atoms with Gasteiger partial charge in [-0.25, -0.2) is 4.98 Å². The van der Waals surface area contributed by atoms with Crippen molar-refractivity contribution in [2.24, 2.45) is 0 Å². The van der Waals surface area contributed by atoms with Crippen LogP contribution < -0.4 is 11.1 Å². The normalized spacial score (nSPS) is 13.6. The smallest absolute Gasteiger partial charge is 0.391 e. The summed E-state index contributed by atoms with van der Waals surface area (Å²) in [7, 11) is 0. The summed E-state index contributed by atoms with van der Waals surface area (Å²) in [6.07, 6.45) is -5.06. The summed E-state index contributed by atoms with van der Waals surface area (Å²) >= 11 is 0. The number of nitrogens with one attached hydrogen (secondary N) is 1. The maximum absolute atomic E-state index is 12.1. The van der Waals surface area contributed by atoms with E-state index in [-0.39, 0.29) is 0 Å². The Kier molecular flexibility index (Phi) is 3.62. The van der Waals surface area contributed by atoms with E-state index in [0.29, 0.717) is 17.2 Å². The van der Waals surface area contributed by atoms with Gasteiger partial charge in [-0.05, 0) is 26.0 Å². The van der Waals surface area contributed by atoms with Gasteiger partial charge in [0.1, 0.15) is 5.82 Å². The Bertz CT molecular complexity index is 363. The molecule has 6 heteroatoms. The number of nitrogen functional groups attached to an aromatic ring is 1. The van der Waals surface area contributed by atoms with E-state index in [9.17, 15) is 13.2 Å². The maximum Gasteiger partial charge on any atom is 0.391 e. The van der Waals surface area contributed by atoms with Gasteiger partial charge in [-0.1, -0.05) is 0 Å². The van der Waals surface area contributed by atoms with Crippen LogP contribution in [0.4, 0.5) is 24.7 Å². The second-order valence-electron chi connectivity index (χ2n) is 3.74. The van der Waals surface area contributed by atoms with Crippen LogP contribution in [0.25, 0.3) is 0 Å². The molecule has 1 aromatic rings. The second kappa shape index (κ2) is 4.59. The average molecular weight is 233 g/mol. The molecule has 90 valence electrons. The van der Waals surface area contributed by atoms with Crippen LogP contribution in [0.15, 0.2) is 12.1 Å². The van der Waals surface area contributed by atoms with Gasteiger partial charge in [-0.15, -0.1) is 0 Å². The summed E-state index contributed by atoms with van der Waals surface area (Å²) in [6, 6.07) is 2.47. The van der Waals surface area contributed by atoms with Crippen LogP contribution in [-0.2, 0) is 0 Å². The zero-order chi connectivity index (χ0) is 12.3. The quantitative estimate of drug-likeness (QED) is 0.843. The molecule has 1 heterocycles. The predicted molar refractivity (Wildman–Crippen MR) is 57.1 cm³/mol. The van der Waals surface area contributed by atoms with Gasteiger partial charge in [0.15, 0.2) is 0 Å². The number of anilines is 2. The summed E-state index contributed by atoms with van der Waals surface area (Å²) in [5, 5.41) is 2.68. The highest BCUT2D eigenvalue weighted by Crippen LogP contribution is 2.23. The number of aryl methyl sites for hydroxylation is 1. The predicted octanol–water partition coefficient (Wildman–Crippen LogP) is 2.73. The monoisotopic (exact) mass is 233 g/mol. The lowest BCUT2D eigenvalue weighted by Gasteiger charge is -2.16. The topological polar surface area (TPSA) is 50.9 Å². The van der Waals surface area contributed by atoms with E-state index in [1.54, 1.807) is 19.1 Å². The van der Waals surface area contributed by atoms with Gasteiger partial charge in [-0.3, -0.25) is 0 Å². The molecule has 0 saturated carbocycles. The van der Waals surface area contributed by atoms with E-state index in [1.807, 2.05) is 0 Å². The van der Waals surface area contributed by atoms with Crippen LogP contribution in [0.2, 0.25) is 0 Å². The van der Waals surface area contributed by atoms with E-state index in [0.717, 1.165) is 0 Å². The third-order valence-electron chi connectivity index (χ3n) is 2.06. The van der Waals surface area contributed by atoms with E-state index < -0.39 is 18.6 Å². The molecule has 1 atom stereocenters. The molecule has 3 N–H and O–H groups in total. The number of nitrogens with two attached hydrogens (primary N) is 1. The number of hydrogen-bond acceptors (Lipinski definition) is 3. The van der Waals surface area contributed by atoms with Crippen molar-refractivity contribution in [3.05, 3.63) is 17.8 Å². The molecule has 0 amide bonds. The van der Waals surface area contributed by atoms with E-state index >= 15 is 0 Å². The Morgan fingerprint density at radius 3 is 2.56 bits per heavy atom. The van der Waals surface area contributed by atoms with Gasteiger partial charge in [0.25, 0.3) is 0 Å². The molecular formula is C10H14F3N3. The van der Waals surface area contributed by atoms with Gasteiger partial charge >= 0.3 is 6.18 Å². The summed E-state index contributed by atoms with van der Waals surface area (Å²) in [6.45, 7) is 3.16. The lowest BCUT2D eigenvalue weighted by Crippen LogP contribution is -2.24. The highest BCUT2D eigenvalue weighted by Gasteiger charge is 2.29. The molecule has 0 aliphatic rings. The lowest BCUT2D eigenvalue weighted by atomic mass is 10.2. The number of alkyl halides is 3. The first-order chi connectivity index (χ1) is 7.28. The molecule has 0 aliphatic heterocycles. The van der Waals surface area contributed by atoms with Crippen molar-refractivity contribution in [2.75, 3.05) is 11.1 Å². The third kappa shape index (κ3) is 3.96. The van der Waals surface area contributed by atoms with Crippen molar-refractivity contribution < 1.29 is 13.2 Å². The molecule has 1 aromatic heterocycles. The van der Waals surface area contributed by atoms with Crippen molar-refractivity contribution in [3.63, 3.8) is 0 Å². The molecule has 0 aliphatic carbocycles. The Hall–Kier alpha value is -1.46. The first kappa shape index (κ1) is 12.6. The second-order valence-corrected chi connectivity index (χ2v) is 3.74. The van der Waals surface area contributed by atoms with Crippen molar-refractivity contribution in [1.29, 1.82) is 0 Å². The summed E-state index contributed by atoms with van der Waals surface area (Å²) in [5.41, 5.74) is 6.67. The minimum Gasteiger partial charge on any atom is -0.397 e.